The van der Waals surface area contributed by atoms with Crippen LogP contribution in [-0.2, 0) is 11.3 Å². The molecule has 0 unspecified atom stereocenters. The van der Waals surface area contributed by atoms with Gasteiger partial charge < -0.3 is 14.8 Å². The van der Waals surface area contributed by atoms with Crippen LogP contribution in [0.2, 0.25) is 0 Å². The lowest BCUT2D eigenvalue weighted by Gasteiger charge is -2.42. The van der Waals surface area contributed by atoms with Gasteiger partial charge in [-0.2, -0.15) is 0 Å². The van der Waals surface area contributed by atoms with E-state index in [4.69, 9.17) is 4.74 Å². The third kappa shape index (κ3) is 2.60. The summed E-state index contributed by atoms with van der Waals surface area (Å²) in [6.45, 7) is 3.48. The van der Waals surface area contributed by atoms with Crippen molar-refractivity contribution in [1.29, 1.82) is 0 Å². The highest BCUT2D eigenvalue weighted by molar-refractivity contribution is 7.18. The zero-order valence-corrected chi connectivity index (χ0v) is 14.9. The van der Waals surface area contributed by atoms with Crippen molar-refractivity contribution in [2.45, 2.75) is 56.9 Å². The van der Waals surface area contributed by atoms with E-state index in [9.17, 15) is 9.90 Å². The molecule has 24 heavy (non-hydrogen) atoms. The van der Waals surface area contributed by atoms with Crippen molar-refractivity contribution in [3.8, 4) is 0 Å². The van der Waals surface area contributed by atoms with Crippen LogP contribution in [0.3, 0.4) is 0 Å². The molecule has 1 saturated carbocycles. The Kier molecular flexibility index (Phi) is 3.99. The molecule has 0 amide bonds. The SMILES string of the molecule is CO[C@@]12CC[C@H](O)C[C@@H]1N(Cc1nc3sc(C)cc3c(=O)[nH]1)CC2. The molecule has 3 atom stereocenters. The molecule has 1 saturated heterocycles. The van der Waals surface area contributed by atoms with Gasteiger partial charge in [-0.3, -0.25) is 9.69 Å². The summed E-state index contributed by atoms with van der Waals surface area (Å²) < 4.78 is 5.87. The van der Waals surface area contributed by atoms with Gasteiger partial charge in [-0.25, -0.2) is 4.98 Å². The molecule has 0 aromatic carbocycles. The van der Waals surface area contributed by atoms with Crippen LogP contribution in [0.15, 0.2) is 10.9 Å². The number of aromatic nitrogens is 2. The van der Waals surface area contributed by atoms with E-state index in [0.717, 1.165) is 41.9 Å². The van der Waals surface area contributed by atoms with Crippen LogP contribution in [-0.4, -0.2) is 51.4 Å². The van der Waals surface area contributed by atoms with Gasteiger partial charge in [-0.05, 0) is 38.7 Å². The van der Waals surface area contributed by atoms with Crippen molar-refractivity contribution in [3.63, 3.8) is 0 Å². The molecular weight excluding hydrogens is 326 g/mol. The number of ether oxygens (including phenoxy) is 1. The number of aliphatic hydroxyl groups excluding tert-OH is 1. The number of nitrogens with zero attached hydrogens (tertiary/aromatic N) is 2. The first-order chi connectivity index (χ1) is 11.5. The topological polar surface area (TPSA) is 78.5 Å². The van der Waals surface area contributed by atoms with E-state index < -0.39 is 0 Å². The fraction of sp³-hybridized carbons (Fsp3) is 0.647. The van der Waals surface area contributed by atoms with Gasteiger partial charge in [0.25, 0.3) is 5.56 Å². The molecule has 2 N–H and O–H groups in total. The summed E-state index contributed by atoms with van der Waals surface area (Å²) in [6, 6.07) is 2.07. The van der Waals surface area contributed by atoms with Crippen molar-refractivity contribution >= 4 is 21.6 Å². The van der Waals surface area contributed by atoms with E-state index in [0.29, 0.717) is 17.8 Å². The molecule has 0 spiro atoms. The molecule has 6 nitrogen and oxygen atoms in total. The van der Waals surface area contributed by atoms with Crippen LogP contribution in [0.4, 0.5) is 0 Å². The van der Waals surface area contributed by atoms with Gasteiger partial charge in [0.15, 0.2) is 0 Å². The fourth-order valence-electron chi connectivity index (χ4n) is 4.32. The van der Waals surface area contributed by atoms with Crippen molar-refractivity contribution in [2.24, 2.45) is 0 Å². The third-order valence-corrected chi connectivity index (χ3v) is 6.54. The van der Waals surface area contributed by atoms with Gasteiger partial charge in [-0.1, -0.05) is 0 Å². The van der Waals surface area contributed by atoms with Gasteiger partial charge in [0.05, 0.1) is 23.6 Å². The van der Waals surface area contributed by atoms with E-state index in [1.807, 2.05) is 13.0 Å². The number of hydrogen-bond acceptors (Lipinski definition) is 6. The summed E-state index contributed by atoms with van der Waals surface area (Å²) in [7, 11) is 1.77. The lowest BCUT2D eigenvalue weighted by atomic mass is 9.79. The molecule has 3 heterocycles. The highest BCUT2D eigenvalue weighted by Crippen LogP contribution is 2.42. The van der Waals surface area contributed by atoms with E-state index >= 15 is 0 Å². The largest absolute Gasteiger partial charge is 0.393 e. The Labute approximate surface area is 144 Å². The van der Waals surface area contributed by atoms with Crippen LogP contribution in [0.1, 0.15) is 36.4 Å². The quantitative estimate of drug-likeness (QED) is 0.883. The second-order valence-corrected chi connectivity index (χ2v) is 8.26. The molecule has 2 aliphatic rings. The first-order valence-electron chi connectivity index (χ1n) is 8.47. The summed E-state index contributed by atoms with van der Waals surface area (Å²) in [5, 5.41) is 10.8. The highest BCUT2D eigenvalue weighted by atomic mass is 32.1. The number of H-pyrrole nitrogens is 1. The highest BCUT2D eigenvalue weighted by Gasteiger charge is 2.50. The number of aromatic amines is 1. The second-order valence-electron chi connectivity index (χ2n) is 7.02. The normalized spacial score (nSPS) is 30.8. The van der Waals surface area contributed by atoms with Crippen molar-refractivity contribution < 1.29 is 9.84 Å². The summed E-state index contributed by atoms with van der Waals surface area (Å²) in [5.74, 6) is 0.696. The lowest BCUT2D eigenvalue weighted by Crippen LogP contribution is -2.51. The Hall–Kier alpha value is -1.28. The maximum absolute atomic E-state index is 12.3. The molecular formula is C17H23N3O3S. The molecule has 2 fully saturated rings. The fourth-order valence-corrected chi connectivity index (χ4v) is 5.22. The number of hydrogen-bond donors (Lipinski definition) is 2. The van der Waals surface area contributed by atoms with Gasteiger partial charge in [0, 0.05) is 24.6 Å². The minimum atomic E-state index is -0.270. The van der Waals surface area contributed by atoms with Gasteiger partial charge in [-0.15, -0.1) is 11.3 Å². The molecule has 1 aliphatic carbocycles. The zero-order valence-electron chi connectivity index (χ0n) is 14.0. The zero-order chi connectivity index (χ0) is 16.9. The Morgan fingerprint density at radius 2 is 2.38 bits per heavy atom. The van der Waals surface area contributed by atoms with Crippen LogP contribution in [0.25, 0.3) is 10.2 Å². The minimum Gasteiger partial charge on any atom is -0.393 e. The predicted octanol–water partition coefficient (Wildman–Crippen LogP) is 1.80. The first-order valence-corrected chi connectivity index (χ1v) is 9.29. The molecule has 1 aliphatic heterocycles. The Balaban J connectivity index is 1.62. The summed E-state index contributed by atoms with van der Waals surface area (Å²) in [5.41, 5.74) is -0.233. The second kappa shape index (κ2) is 5.91. The Morgan fingerprint density at radius 1 is 1.54 bits per heavy atom. The first kappa shape index (κ1) is 16.2. The average molecular weight is 349 g/mol. The monoisotopic (exact) mass is 349 g/mol. The average Bonchev–Trinajstić information content (AvgIpc) is 3.09. The summed E-state index contributed by atoms with van der Waals surface area (Å²) >= 11 is 1.55. The van der Waals surface area contributed by atoms with Gasteiger partial charge in [0.1, 0.15) is 10.7 Å². The predicted molar refractivity (Wildman–Crippen MR) is 93.4 cm³/mol. The van der Waals surface area contributed by atoms with Gasteiger partial charge in [0.2, 0.25) is 0 Å². The number of rotatable bonds is 3. The number of fused-ring (bicyclic) bond motifs is 2. The van der Waals surface area contributed by atoms with E-state index in [1.54, 1.807) is 18.4 Å². The minimum absolute atomic E-state index is 0.0692. The van der Waals surface area contributed by atoms with Gasteiger partial charge >= 0.3 is 0 Å². The van der Waals surface area contributed by atoms with E-state index in [1.165, 1.54) is 0 Å². The molecule has 0 radical (unpaired) electrons. The molecule has 130 valence electrons. The van der Waals surface area contributed by atoms with Crippen molar-refractivity contribution in [1.82, 2.24) is 14.9 Å². The molecule has 4 rings (SSSR count). The Morgan fingerprint density at radius 3 is 3.17 bits per heavy atom. The van der Waals surface area contributed by atoms with Crippen molar-refractivity contribution in [3.05, 3.63) is 27.1 Å². The molecule has 2 aromatic rings. The summed E-state index contributed by atoms with van der Waals surface area (Å²) in [6.07, 6.45) is 3.10. The number of thiophene rings is 1. The maximum Gasteiger partial charge on any atom is 0.259 e. The number of aryl methyl sites for hydroxylation is 1. The van der Waals surface area contributed by atoms with E-state index in [-0.39, 0.29) is 23.3 Å². The van der Waals surface area contributed by atoms with E-state index in [2.05, 4.69) is 14.9 Å². The Bertz CT molecular complexity index is 817. The lowest BCUT2D eigenvalue weighted by molar-refractivity contribution is -0.0881. The summed E-state index contributed by atoms with van der Waals surface area (Å²) in [4.78, 5) is 24.0. The molecule has 7 heteroatoms. The van der Waals surface area contributed by atoms with Crippen LogP contribution in [0, 0.1) is 6.92 Å². The number of aliphatic hydroxyl groups is 1. The maximum atomic E-state index is 12.3. The molecule has 0 bridgehead atoms. The van der Waals surface area contributed by atoms with Crippen molar-refractivity contribution in [2.75, 3.05) is 13.7 Å². The number of likely N-dealkylation sites (tertiary alicyclic amines) is 1. The third-order valence-electron chi connectivity index (χ3n) is 5.60. The van der Waals surface area contributed by atoms with Crippen LogP contribution >= 0.6 is 11.3 Å². The van der Waals surface area contributed by atoms with Crippen LogP contribution in [0.5, 0.6) is 0 Å². The molecule has 2 aromatic heterocycles. The standard InChI is InChI=1S/C17H23N3O3S/c1-10-7-12-15(22)18-14(19-16(12)24-10)9-20-6-5-17(23-2)4-3-11(21)8-13(17)20/h7,11,13,21H,3-6,8-9H2,1-2H3,(H,18,19,22)/t11-,13-,17+/m0/s1. The number of methoxy groups -OCH3 is 1. The van der Waals surface area contributed by atoms with Crippen LogP contribution < -0.4 is 5.56 Å². The number of nitrogens with one attached hydrogen (secondary N) is 1. The smallest absolute Gasteiger partial charge is 0.259 e.